The van der Waals surface area contributed by atoms with Crippen LogP contribution in [0.4, 0.5) is 0 Å². The van der Waals surface area contributed by atoms with Gasteiger partial charge in [0.1, 0.15) is 0 Å². The second-order valence-electron chi connectivity index (χ2n) is 6.63. The van der Waals surface area contributed by atoms with E-state index in [1.54, 1.807) is 24.3 Å². The molecule has 109 valence electrons. The van der Waals surface area contributed by atoms with Gasteiger partial charge in [0.15, 0.2) is 0 Å². The molecule has 0 bridgehead atoms. The molecule has 4 nitrogen and oxygen atoms in total. The second-order valence-corrected chi connectivity index (χ2v) is 6.63. The van der Waals surface area contributed by atoms with Crippen LogP contribution in [-0.4, -0.2) is 28.7 Å². The molecular weight excluding hydrogens is 254 g/mol. The lowest BCUT2D eigenvalue weighted by Crippen LogP contribution is -2.46. The maximum atomic E-state index is 12.2. The molecule has 0 aliphatic carbocycles. The average Bonchev–Trinajstić information content (AvgIpc) is 2.57. The predicted molar refractivity (Wildman–Crippen MR) is 75.5 cm³/mol. The zero-order chi connectivity index (χ0) is 15.0. The average molecular weight is 276 g/mol. The number of hydroxylamine groups is 2. The summed E-state index contributed by atoms with van der Waals surface area (Å²) in [6, 6.07) is 8.92. The minimum Gasteiger partial charge on any atom is -0.462 e. The summed E-state index contributed by atoms with van der Waals surface area (Å²) in [6.45, 7) is 7.97. The molecular formula is C16H22NO3. The molecule has 1 aliphatic rings. The van der Waals surface area contributed by atoms with Crippen molar-refractivity contribution in [3.8, 4) is 0 Å². The van der Waals surface area contributed by atoms with Gasteiger partial charge in [-0.15, -0.1) is 10.3 Å². The summed E-state index contributed by atoms with van der Waals surface area (Å²) >= 11 is 0. The highest BCUT2D eigenvalue weighted by Gasteiger charge is 2.52. The monoisotopic (exact) mass is 276 g/mol. The van der Waals surface area contributed by atoms with Gasteiger partial charge < -0.3 is 4.74 Å². The van der Waals surface area contributed by atoms with E-state index in [2.05, 4.69) is 0 Å². The van der Waals surface area contributed by atoms with Gasteiger partial charge in [-0.05, 0) is 46.2 Å². The number of carbonyl (C=O) groups excluding carboxylic acids is 1. The van der Waals surface area contributed by atoms with Gasteiger partial charge >= 0.3 is 5.97 Å². The summed E-state index contributed by atoms with van der Waals surface area (Å²) in [5.41, 5.74) is -0.380. The van der Waals surface area contributed by atoms with Crippen LogP contribution >= 0.6 is 0 Å². The van der Waals surface area contributed by atoms with Crippen molar-refractivity contribution in [2.45, 2.75) is 45.2 Å². The Morgan fingerprint density at radius 1 is 1.25 bits per heavy atom. The Labute approximate surface area is 120 Å². The summed E-state index contributed by atoms with van der Waals surface area (Å²) in [7, 11) is 0. The molecule has 1 aromatic rings. The highest BCUT2D eigenvalue weighted by atomic mass is 16.5. The Kier molecular flexibility index (Phi) is 3.89. The Bertz CT molecular complexity index is 482. The van der Waals surface area contributed by atoms with Crippen molar-refractivity contribution < 1.29 is 14.7 Å². The van der Waals surface area contributed by atoms with Crippen LogP contribution in [0.5, 0.6) is 0 Å². The summed E-state index contributed by atoms with van der Waals surface area (Å²) in [6.07, 6.45) is 0.728. The topological polar surface area (TPSA) is 49.4 Å². The van der Waals surface area contributed by atoms with Gasteiger partial charge in [0.25, 0.3) is 0 Å². The number of hydrogen-bond donors (Lipinski definition) is 0. The third-order valence-corrected chi connectivity index (χ3v) is 4.24. The number of rotatable bonds is 3. The van der Waals surface area contributed by atoms with Gasteiger partial charge in [-0.3, -0.25) is 0 Å². The Balaban J connectivity index is 2.00. The molecule has 4 heteroatoms. The lowest BCUT2D eigenvalue weighted by Gasteiger charge is -2.33. The molecule has 1 radical (unpaired) electrons. The van der Waals surface area contributed by atoms with Crippen LogP contribution < -0.4 is 0 Å². The van der Waals surface area contributed by atoms with Crippen molar-refractivity contribution in [3.05, 3.63) is 35.9 Å². The number of carbonyl (C=O) groups is 1. The minimum atomic E-state index is -0.513. The van der Waals surface area contributed by atoms with Crippen molar-refractivity contribution in [1.29, 1.82) is 0 Å². The van der Waals surface area contributed by atoms with E-state index in [1.165, 1.54) is 0 Å². The number of nitrogens with zero attached hydrogens (tertiary/aromatic N) is 1. The Morgan fingerprint density at radius 3 is 2.35 bits per heavy atom. The zero-order valence-corrected chi connectivity index (χ0v) is 12.6. The van der Waals surface area contributed by atoms with E-state index in [4.69, 9.17) is 4.74 Å². The van der Waals surface area contributed by atoms with Crippen molar-refractivity contribution in [2.75, 3.05) is 6.61 Å². The van der Waals surface area contributed by atoms with E-state index in [1.807, 2.05) is 33.8 Å². The van der Waals surface area contributed by atoms with E-state index in [0.717, 1.165) is 11.5 Å². The molecule has 2 rings (SSSR count). The third-order valence-electron chi connectivity index (χ3n) is 4.24. The van der Waals surface area contributed by atoms with Gasteiger partial charge in [0.2, 0.25) is 0 Å². The van der Waals surface area contributed by atoms with E-state index in [-0.39, 0.29) is 18.5 Å². The quantitative estimate of drug-likeness (QED) is 0.797. The molecule has 0 saturated carbocycles. The number of ether oxygens (including phenoxy) is 1. The Morgan fingerprint density at radius 2 is 1.85 bits per heavy atom. The SMILES string of the molecule is CC1(C)CC(COC(=O)c2ccccc2)C(C)(C)N1[O]. The molecule has 1 aliphatic heterocycles. The molecule has 0 aromatic heterocycles. The van der Waals surface area contributed by atoms with Crippen molar-refractivity contribution in [2.24, 2.45) is 5.92 Å². The van der Waals surface area contributed by atoms with Gasteiger partial charge in [0.05, 0.1) is 17.7 Å². The van der Waals surface area contributed by atoms with E-state index in [9.17, 15) is 10.0 Å². The van der Waals surface area contributed by atoms with Crippen molar-refractivity contribution >= 4 is 5.97 Å². The highest BCUT2D eigenvalue weighted by Crippen LogP contribution is 2.43. The van der Waals surface area contributed by atoms with Crippen LogP contribution in [-0.2, 0) is 9.94 Å². The smallest absolute Gasteiger partial charge is 0.338 e. The minimum absolute atomic E-state index is 0.0441. The molecule has 0 amide bonds. The zero-order valence-electron chi connectivity index (χ0n) is 12.6. The first-order valence-electron chi connectivity index (χ1n) is 6.95. The van der Waals surface area contributed by atoms with E-state index >= 15 is 0 Å². The van der Waals surface area contributed by atoms with Crippen molar-refractivity contribution in [3.63, 3.8) is 0 Å². The number of hydrogen-bond acceptors (Lipinski definition) is 3. The highest BCUT2D eigenvalue weighted by molar-refractivity contribution is 5.89. The first kappa shape index (κ1) is 15.0. The lowest BCUT2D eigenvalue weighted by atomic mass is 9.88. The number of benzene rings is 1. The molecule has 0 N–H and O–H groups in total. The molecule has 1 heterocycles. The summed E-state index contributed by atoms with van der Waals surface area (Å²) in [5.74, 6) is -0.286. The maximum absolute atomic E-state index is 12.2. The van der Waals surface area contributed by atoms with Crippen LogP contribution in [0, 0.1) is 5.92 Å². The fourth-order valence-corrected chi connectivity index (χ4v) is 2.98. The standard InChI is InChI=1S/C16H22NO3/c1-15(2)10-13(16(3,4)17(15)19)11-20-14(18)12-8-6-5-7-9-12/h5-9,13H,10-11H2,1-4H3. The molecule has 1 aromatic carbocycles. The summed E-state index contributed by atoms with van der Waals surface area (Å²) in [4.78, 5) is 11.9. The maximum Gasteiger partial charge on any atom is 0.338 e. The first-order chi connectivity index (χ1) is 9.25. The lowest BCUT2D eigenvalue weighted by molar-refractivity contribution is -0.249. The molecule has 20 heavy (non-hydrogen) atoms. The van der Waals surface area contributed by atoms with Gasteiger partial charge in [-0.2, -0.15) is 0 Å². The van der Waals surface area contributed by atoms with Crippen LogP contribution in [0.25, 0.3) is 0 Å². The summed E-state index contributed by atoms with van der Waals surface area (Å²) < 4.78 is 5.38. The molecule has 1 unspecified atom stereocenters. The van der Waals surface area contributed by atoms with Gasteiger partial charge in [-0.1, -0.05) is 18.2 Å². The van der Waals surface area contributed by atoms with Gasteiger partial charge in [-0.25, -0.2) is 4.79 Å². The second kappa shape index (κ2) is 5.19. The molecule has 1 fully saturated rings. The number of esters is 1. The largest absolute Gasteiger partial charge is 0.462 e. The molecule has 1 atom stereocenters. The summed E-state index contributed by atoms with van der Waals surface area (Å²) in [5, 5.41) is 13.4. The fraction of sp³-hybridized carbons (Fsp3) is 0.562. The third kappa shape index (κ3) is 2.72. The normalized spacial score (nSPS) is 24.6. The predicted octanol–water partition coefficient (Wildman–Crippen LogP) is 3.07. The first-order valence-corrected chi connectivity index (χ1v) is 6.95. The van der Waals surface area contributed by atoms with Crippen molar-refractivity contribution in [1.82, 2.24) is 5.06 Å². The van der Waals surface area contributed by atoms with Crippen LogP contribution in [0.3, 0.4) is 0 Å². The van der Waals surface area contributed by atoms with Crippen LogP contribution in [0.15, 0.2) is 30.3 Å². The molecule has 1 saturated heterocycles. The Hall–Kier alpha value is -1.39. The van der Waals surface area contributed by atoms with E-state index in [0.29, 0.717) is 5.56 Å². The fourth-order valence-electron chi connectivity index (χ4n) is 2.98. The van der Waals surface area contributed by atoms with Crippen LogP contribution in [0.1, 0.15) is 44.5 Å². The van der Waals surface area contributed by atoms with Crippen LogP contribution in [0.2, 0.25) is 0 Å². The van der Waals surface area contributed by atoms with E-state index < -0.39 is 11.1 Å². The molecule has 0 spiro atoms. The van der Waals surface area contributed by atoms with Gasteiger partial charge in [0, 0.05) is 11.5 Å².